The summed E-state index contributed by atoms with van der Waals surface area (Å²) in [4.78, 5) is 3.17. The van der Waals surface area contributed by atoms with Crippen LogP contribution < -0.4 is 0 Å². The number of hydrogen-bond donors (Lipinski definition) is 1. The molecule has 0 atom stereocenters. The van der Waals surface area contributed by atoms with Crippen LogP contribution in [-0.4, -0.2) is 9.55 Å². The van der Waals surface area contributed by atoms with Gasteiger partial charge in [0.15, 0.2) is 4.77 Å². The van der Waals surface area contributed by atoms with Crippen LogP contribution in [0.4, 0.5) is 0 Å². The molecule has 0 bridgehead atoms. The van der Waals surface area contributed by atoms with Crippen molar-refractivity contribution in [3.8, 4) is 0 Å². The van der Waals surface area contributed by atoms with Gasteiger partial charge in [-0.1, -0.05) is 23.3 Å². The summed E-state index contributed by atoms with van der Waals surface area (Å²) in [6, 6.07) is 5.74. The minimum absolute atomic E-state index is 0.729. The predicted molar refractivity (Wildman–Crippen MR) is 71.6 cm³/mol. The Balaban J connectivity index is 2.59. The molecule has 16 heavy (non-hydrogen) atoms. The molecule has 84 valence electrons. The van der Waals surface area contributed by atoms with Crippen molar-refractivity contribution < 1.29 is 0 Å². The molecule has 0 fully saturated rings. The molecule has 1 N–H and O–H groups in total. The van der Waals surface area contributed by atoms with E-state index in [9.17, 15) is 0 Å². The van der Waals surface area contributed by atoms with E-state index in [0.717, 1.165) is 27.4 Å². The quantitative estimate of drug-likeness (QED) is 0.624. The first-order valence-electron chi connectivity index (χ1n) is 5.09. The van der Waals surface area contributed by atoms with Crippen molar-refractivity contribution in [2.24, 2.45) is 0 Å². The Morgan fingerprint density at radius 1 is 1.50 bits per heavy atom. The smallest absolute Gasteiger partial charge is 0.178 e. The first-order valence-corrected chi connectivity index (χ1v) is 5.88. The number of rotatable bonds is 2. The largest absolute Gasteiger partial charge is 0.331 e. The van der Waals surface area contributed by atoms with E-state index in [1.165, 1.54) is 5.57 Å². The molecule has 0 radical (unpaired) electrons. The highest BCUT2D eigenvalue weighted by molar-refractivity contribution is 7.71. The Kier molecular flexibility index (Phi) is 3.17. The number of nitrogens with zero attached hydrogens (tertiary/aromatic N) is 1. The van der Waals surface area contributed by atoms with E-state index in [1.807, 2.05) is 22.8 Å². The molecule has 0 amide bonds. The number of allylic oxidation sites excluding steroid dienone is 2. The number of hydrogen-bond acceptors (Lipinski definition) is 1. The number of aromatic nitrogens is 2. The fourth-order valence-electron chi connectivity index (χ4n) is 1.58. The third-order valence-electron chi connectivity index (χ3n) is 2.42. The molecule has 1 heterocycles. The fourth-order valence-corrected chi connectivity index (χ4v) is 2.03. The average Bonchev–Trinajstić information content (AvgIpc) is 2.51. The van der Waals surface area contributed by atoms with Gasteiger partial charge in [0, 0.05) is 11.6 Å². The molecule has 0 unspecified atom stereocenters. The Bertz CT molecular complexity index is 603. The summed E-state index contributed by atoms with van der Waals surface area (Å²) in [6.07, 6.45) is 2.14. The minimum Gasteiger partial charge on any atom is -0.331 e. The van der Waals surface area contributed by atoms with Crippen LogP contribution in [0.1, 0.15) is 13.8 Å². The van der Waals surface area contributed by atoms with E-state index in [1.54, 1.807) is 0 Å². The molecule has 1 aromatic carbocycles. The second-order valence-electron chi connectivity index (χ2n) is 3.98. The van der Waals surface area contributed by atoms with Gasteiger partial charge >= 0.3 is 0 Å². The van der Waals surface area contributed by atoms with E-state index in [4.69, 9.17) is 23.8 Å². The summed E-state index contributed by atoms with van der Waals surface area (Å²) >= 11 is 11.3. The molecule has 0 aliphatic rings. The monoisotopic (exact) mass is 252 g/mol. The molecule has 0 aliphatic heterocycles. The van der Waals surface area contributed by atoms with E-state index in [0.29, 0.717) is 0 Å². The summed E-state index contributed by atoms with van der Waals surface area (Å²) in [5.74, 6) is 0. The van der Waals surface area contributed by atoms with Crippen molar-refractivity contribution in [1.82, 2.24) is 9.55 Å². The Labute approximate surface area is 105 Å². The second-order valence-corrected chi connectivity index (χ2v) is 4.81. The Morgan fingerprint density at radius 3 is 2.94 bits per heavy atom. The molecule has 2 nitrogen and oxygen atoms in total. The van der Waals surface area contributed by atoms with Gasteiger partial charge in [-0.2, -0.15) is 0 Å². The van der Waals surface area contributed by atoms with E-state index in [2.05, 4.69) is 24.9 Å². The molecule has 2 rings (SSSR count). The first kappa shape index (κ1) is 11.4. The lowest BCUT2D eigenvalue weighted by Crippen LogP contribution is -1.95. The van der Waals surface area contributed by atoms with Crippen LogP contribution in [-0.2, 0) is 6.54 Å². The molecule has 0 aliphatic carbocycles. The van der Waals surface area contributed by atoms with Crippen LogP contribution >= 0.6 is 23.8 Å². The van der Waals surface area contributed by atoms with Crippen molar-refractivity contribution in [3.63, 3.8) is 0 Å². The number of imidazole rings is 1. The lowest BCUT2D eigenvalue weighted by Gasteiger charge is -2.01. The van der Waals surface area contributed by atoms with Crippen molar-refractivity contribution in [3.05, 3.63) is 39.6 Å². The van der Waals surface area contributed by atoms with Crippen molar-refractivity contribution in [2.45, 2.75) is 20.4 Å². The summed E-state index contributed by atoms with van der Waals surface area (Å²) < 4.78 is 2.78. The topological polar surface area (TPSA) is 20.7 Å². The molecule has 1 aromatic heterocycles. The number of H-pyrrole nitrogens is 1. The second kappa shape index (κ2) is 4.44. The lowest BCUT2D eigenvalue weighted by atomic mass is 10.3. The highest BCUT2D eigenvalue weighted by atomic mass is 35.5. The van der Waals surface area contributed by atoms with Crippen LogP contribution in [0.3, 0.4) is 0 Å². The first-order chi connectivity index (χ1) is 7.58. The van der Waals surface area contributed by atoms with Crippen molar-refractivity contribution >= 4 is 34.9 Å². The van der Waals surface area contributed by atoms with Gasteiger partial charge in [-0.25, -0.2) is 0 Å². The zero-order valence-electron chi connectivity index (χ0n) is 9.25. The number of halogens is 1. The van der Waals surface area contributed by atoms with Crippen molar-refractivity contribution in [2.75, 3.05) is 0 Å². The van der Waals surface area contributed by atoms with E-state index < -0.39 is 0 Å². The summed E-state index contributed by atoms with van der Waals surface area (Å²) in [5, 5.41) is 0.729. The number of nitrogens with one attached hydrogen (secondary N) is 1. The summed E-state index contributed by atoms with van der Waals surface area (Å²) in [5.41, 5.74) is 3.35. The maximum atomic E-state index is 5.99. The van der Waals surface area contributed by atoms with Crippen LogP contribution in [0.25, 0.3) is 11.0 Å². The molecule has 2 aromatic rings. The SMILES string of the molecule is CC(C)=CCn1c(=S)[nH]c2ccc(Cl)cc21. The molecule has 0 spiro atoms. The molecule has 0 saturated heterocycles. The zero-order valence-corrected chi connectivity index (χ0v) is 10.8. The van der Waals surface area contributed by atoms with Gasteiger partial charge in [0.2, 0.25) is 0 Å². The Morgan fingerprint density at radius 2 is 2.25 bits per heavy atom. The van der Waals surface area contributed by atoms with Crippen LogP contribution in [0.15, 0.2) is 29.8 Å². The van der Waals surface area contributed by atoms with E-state index >= 15 is 0 Å². The molecule has 4 heteroatoms. The van der Waals surface area contributed by atoms with Crippen LogP contribution in [0.5, 0.6) is 0 Å². The van der Waals surface area contributed by atoms with Gasteiger partial charge in [-0.3, -0.25) is 0 Å². The highest BCUT2D eigenvalue weighted by Crippen LogP contribution is 2.19. The van der Waals surface area contributed by atoms with Gasteiger partial charge in [0.25, 0.3) is 0 Å². The molecule has 0 saturated carbocycles. The minimum atomic E-state index is 0.729. The van der Waals surface area contributed by atoms with Gasteiger partial charge in [0.05, 0.1) is 11.0 Å². The van der Waals surface area contributed by atoms with Crippen LogP contribution in [0, 0.1) is 4.77 Å². The third kappa shape index (κ3) is 2.20. The van der Waals surface area contributed by atoms with E-state index in [-0.39, 0.29) is 0 Å². The predicted octanol–water partition coefficient (Wildman–Crippen LogP) is 4.32. The van der Waals surface area contributed by atoms with Gasteiger partial charge in [-0.05, 0) is 44.3 Å². The fraction of sp³-hybridized carbons (Fsp3) is 0.250. The normalized spacial score (nSPS) is 10.7. The van der Waals surface area contributed by atoms with Gasteiger partial charge in [0.1, 0.15) is 0 Å². The maximum Gasteiger partial charge on any atom is 0.178 e. The standard InChI is InChI=1S/C12H13ClN2S/c1-8(2)5-6-15-11-7-9(13)3-4-10(11)14-12(15)16/h3-5,7H,6H2,1-2H3,(H,14,16). The summed E-state index contributed by atoms with van der Waals surface area (Å²) in [6.45, 7) is 4.93. The van der Waals surface area contributed by atoms with Gasteiger partial charge < -0.3 is 9.55 Å². The third-order valence-corrected chi connectivity index (χ3v) is 2.98. The average molecular weight is 253 g/mol. The Hall–Kier alpha value is -1.06. The summed E-state index contributed by atoms with van der Waals surface area (Å²) in [7, 11) is 0. The van der Waals surface area contributed by atoms with Crippen LogP contribution in [0.2, 0.25) is 5.02 Å². The maximum absolute atomic E-state index is 5.99. The van der Waals surface area contributed by atoms with Gasteiger partial charge in [-0.15, -0.1) is 0 Å². The lowest BCUT2D eigenvalue weighted by molar-refractivity contribution is 0.828. The van der Waals surface area contributed by atoms with Crippen molar-refractivity contribution in [1.29, 1.82) is 0 Å². The zero-order chi connectivity index (χ0) is 11.7. The number of fused-ring (bicyclic) bond motifs is 1. The highest BCUT2D eigenvalue weighted by Gasteiger charge is 2.03. The molecular weight excluding hydrogens is 240 g/mol. The number of benzene rings is 1. The number of aromatic amines is 1. The molecular formula is C12H13ClN2S.